The molecule has 8 nitrogen and oxygen atoms in total. The Morgan fingerprint density at radius 3 is 2.77 bits per heavy atom. The fourth-order valence-electron chi connectivity index (χ4n) is 4.28. The number of aromatic nitrogens is 1. The van der Waals surface area contributed by atoms with E-state index in [4.69, 9.17) is 0 Å². The third-order valence-corrected chi connectivity index (χ3v) is 6.09. The summed E-state index contributed by atoms with van der Waals surface area (Å²) in [7, 11) is 1.76. The van der Waals surface area contributed by atoms with Gasteiger partial charge in [-0.15, -0.1) is 0 Å². The van der Waals surface area contributed by atoms with E-state index in [9.17, 15) is 14.4 Å². The van der Waals surface area contributed by atoms with E-state index in [0.717, 1.165) is 31.6 Å². The molecule has 0 aliphatic carbocycles. The van der Waals surface area contributed by atoms with Crippen LogP contribution in [0.4, 0.5) is 16.2 Å². The van der Waals surface area contributed by atoms with Crippen molar-refractivity contribution in [3.63, 3.8) is 0 Å². The highest BCUT2D eigenvalue weighted by atomic mass is 16.2. The molecule has 0 spiro atoms. The molecule has 4 rings (SSSR count). The smallest absolute Gasteiger partial charge is 0.324 e. The van der Waals surface area contributed by atoms with E-state index in [1.54, 1.807) is 52.7 Å². The van der Waals surface area contributed by atoms with Gasteiger partial charge in [0.1, 0.15) is 5.56 Å². The summed E-state index contributed by atoms with van der Waals surface area (Å²) in [4.78, 5) is 41.7. The molecular formula is C23H29N5O3. The van der Waals surface area contributed by atoms with Crippen molar-refractivity contribution in [1.82, 2.24) is 14.8 Å². The lowest BCUT2D eigenvalue weighted by Crippen LogP contribution is -2.36. The van der Waals surface area contributed by atoms with Crippen LogP contribution in [0.3, 0.4) is 0 Å². The van der Waals surface area contributed by atoms with Crippen molar-refractivity contribution >= 4 is 23.3 Å². The molecule has 2 saturated heterocycles. The molecule has 31 heavy (non-hydrogen) atoms. The molecule has 3 heterocycles. The topological polar surface area (TPSA) is 86.7 Å². The second kappa shape index (κ2) is 8.93. The SMILES string of the molecule is Cc1ccn(CC2CCCNC2)c(=O)c1C(=O)Nc1cccc(N2CCN(C)C2=O)c1. The predicted molar refractivity (Wildman–Crippen MR) is 121 cm³/mol. The first-order valence-electron chi connectivity index (χ1n) is 10.8. The van der Waals surface area contributed by atoms with Crippen LogP contribution in [0, 0.1) is 12.8 Å². The van der Waals surface area contributed by atoms with Crippen molar-refractivity contribution in [1.29, 1.82) is 0 Å². The Labute approximate surface area is 181 Å². The number of aryl methyl sites for hydroxylation is 1. The van der Waals surface area contributed by atoms with Crippen LogP contribution in [0.15, 0.2) is 41.3 Å². The molecule has 2 fully saturated rings. The summed E-state index contributed by atoms with van der Waals surface area (Å²) in [6, 6.07) is 8.91. The number of nitrogens with zero attached hydrogens (tertiary/aromatic N) is 3. The lowest BCUT2D eigenvalue weighted by atomic mass is 9.99. The first-order chi connectivity index (χ1) is 14.9. The Balaban J connectivity index is 1.53. The van der Waals surface area contributed by atoms with Crippen molar-refractivity contribution in [2.75, 3.05) is 43.4 Å². The van der Waals surface area contributed by atoms with Crippen molar-refractivity contribution in [2.24, 2.45) is 5.92 Å². The van der Waals surface area contributed by atoms with Gasteiger partial charge in [-0.05, 0) is 68.6 Å². The van der Waals surface area contributed by atoms with Crippen LogP contribution in [0.5, 0.6) is 0 Å². The van der Waals surface area contributed by atoms with Crippen LogP contribution in [-0.4, -0.2) is 54.6 Å². The first-order valence-corrected chi connectivity index (χ1v) is 10.8. The number of hydrogen-bond donors (Lipinski definition) is 2. The van der Waals surface area contributed by atoms with Crippen LogP contribution >= 0.6 is 0 Å². The van der Waals surface area contributed by atoms with Gasteiger partial charge in [0, 0.05) is 44.3 Å². The molecule has 1 unspecified atom stereocenters. The van der Waals surface area contributed by atoms with Crippen LogP contribution < -0.4 is 21.1 Å². The van der Waals surface area contributed by atoms with Gasteiger partial charge < -0.3 is 20.1 Å². The predicted octanol–water partition coefficient (Wildman–Crippen LogP) is 2.28. The van der Waals surface area contributed by atoms with E-state index in [-0.39, 0.29) is 17.2 Å². The van der Waals surface area contributed by atoms with Gasteiger partial charge in [0.05, 0.1) is 0 Å². The summed E-state index contributed by atoms with van der Waals surface area (Å²) in [6.45, 7) is 5.55. The van der Waals surface area contributed by atoms with Gasteiger partial charge >= 0.3 is 6.03 Å². The zero-order valence-corrected chi connectivity index (χ0v) is 18.1. The number of urea groups is 1. The van der Waals surface area contributed by atoms with Crippen molar-refractivity contribution in [3.8, 4) is 0 Å². The number of amides is 3. The number of likely N-dealkylation sites (N-methyl/N-ethyl adjacent to an activating group) is 1. The number of anilines is 2. The molecule has 1 aromatic heterocycles. The molecule has 1 aromatic carbocycles. The minimum Gasteiger partial charge on any atom is -0.326 e. The molecule has 1 atom stereocenters. The Morgan fingerprint density at radius 2 is 2.06 bits per heavy atom. The quantitative estimate of drug-likeness (QED) is 0.773. The fraction of sp³-hybridized carbons (Fsp3) is 0.435. The average Bonchev–Trinajstić information content (AvgIpc) is 3.10. The monoisotopic (exact) mass is 423 g/mol. The highest BCUT2D eigenvalue weighted by Gasteiger charge is 2.27. The molecule has 3 amide bonds. The Morgan fingerprint density at radius 1 is 1.23 bits per heavy atom. The standard InChI is InChI=1S/C23H29N5O3/c1-16-8-10-27(15-17-5-4-9-24-14-17)22(30)20(16)21(29)25-18-6-3-7-19(13-18)28-12-11-26(2)23(28)31/h3,6-8,10,13,17,24H,4-5,9,11-12,14-15H2,1-2H3,(H,25,29). The summed E-state index contributed by atoms with van der Waals surface area (Å²) in [5, 5.41) is 6.21. The van der Waals surface area contributed by atoms with Crippen LogP contribution in [-0.2, 0) is 6.54 Å². The van der Waals surface area contributed by atoms with Crippen molar-refractivity contribution in [3.05, 3.63) is 58.0 Å². The molecular weight excluding hydrogens is 394 g/mol. The third kappa shape index (κ3) is 4.49. The van der Waals surface area contributed by atoms with Crippen LogP contribution in [0.2, 0.25) is 0 Å². The normalized spacial score (nSPS) is 19.0. The Bertz CT molecular complexity index is 1040. The highest BCUT2D eigenvalue weighted by Crippen LogP contribution is 2.23. The Kier molecular flexibility index (Phi) is 6.08. The number of rotatable bonds is 5. The zero-order valence-electron chi connectivity index (χ0n) is 18.1. The van der Waals surface area contributed by atoms with Gasteiger partial charge in [0.15, 0.2) is 0 Å². The highest BCUT2D eigenvalue weighted by molar-refractivity contribution is 6.05. The average molecular weight is 424 g/mol. The minimum absolute atomic E-state index is 0.0672. The number of carbonyl (C=O) groups excluding carboxylic acids is 2. The summed E-state index contributed by atoms with van der Waals surface area (Å²) in [6.07, 6.45) is 3.95. The van der Waals surface area contributed by atoms with Crippen molar-refractivity contribution in [2.45, 2.75) is 26.3 Å². The van der Waals surface area contributed by atoms with Gasteiger partial charge in [-0.3, -0.25) is 14.5 Å². The van der Waals surface area contributed by atoms with Crippen molar-refractivity contribution < 1.29 is 9.59 Å². The lowest BCUT2D eigenvalue weighted by Gasteiger charge is -2.23. The summed E-state index contributed by atoms with van der Waals surface area (Å²) in [5.41, 5.74) is 1.81. The van der Waals surface area contributed by atoms with E-state index in [1.165, 1.54) is 0 Å². The molecule has 2 aliphatic heterocycles. The van der Waals surface area contributed by atoms with Gasteiger partial charge in [-0.25, -0.2) is 4.79 Å². The maximum Gasteiger partial charge on any atom is 0.324 e. The zero-order chi connectivity index (χ0) is 22.0. The molecule has 0 bridgehead atoms. The van der Waals surface area contributed by atoms with Crippen LogP contribution in [0.25, 0.3) is 0 Å². The number of benzene rings is 1. The van der Waals surface area contributed by atoms with Gasteiger partial charge in [-0.2, -0.15) is 0 Å². The van der Waals surface area contributed by atoms with E-state index in [2.05, 4.69) is 10.6 Å². The molecule has 8 heteroatoms. The molecule has 0 saturated carbocycles. The minimum atomic E-state index is -0.430. The number of hydrogen-bond acceptors (Lipinski definition) is 4. The molecule has 164 valence electrons. The van der Waals surface area contributed by atoms with Gasteiger partial charge in [0.2, 0.25) is 0 Å². The number of nitrogens with one attached hydrogen (secondary N) is 2. The number of pyridine rings is 1. The van der Waals surface area contributed by atoms with E-state index < -0.39 is 5.91 Å². The maximum atomic E-state index is 13.1. The van der Waals surface area contributed by atoms with Gasteiger partial charge in [0.25, 0.3) is 11.5 Å². The fourth-order valence-corrected chi connectivity index (χ4v) is 4.28. The second-order valence-electron chi connectivity index (χ2n) is 8.40. The van der Waals surface area contributed by atoms with E-state index in [1.807, 2.05) is 12.1 Å². The first kappa shape index (κ1) is 21.1. The van der Waals surface area contributed by atoms with E-state index >= 15 is 0 Å². The van der Waals surface area contributed by atoms with Gasteiger partial charge in [-0.1, -0.05) is 6.07 Å². The summed E-state index contributed by atoms with van der Waals surface area (Å²) < 4.78 is 1.65. The second-order valence-corrected chi connectivity index (χ2v) is 8.40. The van der Waals surface area contributed by atoms with E-state index in [0.29, 0.717) is 36.8 Å². The molecule has 2 aromatic rings. The number of carbonyl (C=O) groups is 2. The molecule has 0 radical (unpaired) electrons. The Hall–Kier alpha value is -3.13. The summed E-state index contributed by atoms with van der Waals surface area (Å²) >= 11 is 0. The largest absolute Gasteiger partial charge is 0.326 e. The molecule has 2 aliphatic rings. The lowest BCUT2D eigenvalue weighted by molar-refractivity contribution is 0.102. The molecule has 2 N–H and O–H groups in total. The summed E-state index contributed by atoms with van der Waals surface area (Å²) in [5.74, 6) is -0.0430. The number of piperidine rings is 1. The third-order valence-electron chi connectivity index (χ3n) is 6.09. The van der Waals surface area contributed by atoms with Crippen LogP contribution in [0.1, 0.15) is 28.8 Å². The maximum absolute atomic E-state index is 13.1.